The van der Waals surface area contributed by atoms with Gasteiger partial charge in [-0.3, -0.25) is 4.79 Å². The molecule has 0 atom stereocenters. The maximum atomic E-state index is 13.1. The van der Waals surface area contributed by atoms with Crippen LogP contribution < -0.4 is 0 Å². The van der Waals surface area contributed by atoms with Gasteiger partial charge in [-0.2, -0.15) is 13.2 Å². The summed E-state index contributed by atoms with van der Waals surface area (Å²) in [5, 5.41) is 1.05. The van der Waals surface area contributed by atoms with Crippen molar-refractivity contribution in [2.24, 2.45) is 0 Å². The summed E-state index contributed by atoms with van der Waals surface area (Å²) in [7, 11) is 1.42. The van der Waals surface area contributed by atoms with E-state index in [0.717, 1.165) is 0 Å². The number of carbonyl (C=O) groups is 1. The summed E-state index contributed by atoms with van der Waals surface area (Å²) >= 11 is 12.2. The van der Waals surface area contributed by atoms with Gasteiger partial charge in [-0.25, -0.2) is 0 Å². The zero-order chi connectivity index (χ0) is 18.4. The molecule has 2 aromatic rings. The van der Waals surface area contributed by atoms with Crippen LogP contribution >= 0.6 is 23.2 Å². The fraction of sp³-hybridized carbons (Fsp3) is 0.438. The molecule has 0 saturated carbocycles. The number of rotatable bonds is 3. The topological polar surface area (TPSA) is 34.5 Å². The molecular weight excluding hydrogens is 380 g/mol. The van der Waals surface area contributed by atoms with Crippen molar-refractivity contribution < 1.29 is 22.7 Å². The van der Waals surface area contributed by atoms with Crippen molar-refractivity contribution in [3.63, 3.8) is 0 Å². The number of ether oxygens (including phenoxy) is 1. The van der Waals surface area contributed by atoms with Gasteiger partial charge in [0, 0.05) is 48.3 Å². The summed E-state index contributed by atoms with van der Waals surface area (Å²) in [6, 6.07) is 3.02. The van der Waals surface area contributed by atoms with Gasteiger partial charge < -0.3 is 14.2 Å². The van der Waals surface area contributed by atoms with Gasteiger partial charge in [0.2, 0.25) is 5.91 Å². The molecule has 0 spiro atoms. The third kappa shape index (κ3) is 3.59. The van der Waals surface area contributed by atoms with Crippen LogP contribution in [0.3, 0.4) is 0 Å². The summed E-state index contributed by atoms with van der Waals surface area (Å²) < 4.78 is 45.2. The quantitative estimate of drug-likeness (QED) is 0.786. The van der Waals surface area contributed by atoms with Gasteiger partial charge in [-0.05, 0) is 12.1 Å². The highest BCUT2D eigenvalue weighted by Gasteiger charge is 2.34. The molecule has 0 radical (unpaired) electrons. The molecule has 136 valence electrons. The van der Waals surface area contributed by atoms with Gasteiger partial charge in [0.15, 0.2) is 0 Å². The van der Waals surface area contributed by atoms with Crippen molar-refractivity contribution in [2.45, 2.75) is 25.7 Å². The first kappa shape index (κ1) is 18.4. The third-order valence-corrected chi connectivity index (χ3v) is 4.73. The second-order valence-corrected chi connectivity index (χ2v) is 6.75. The summed E-state index contributed by atoms with van der Waals surface area (Å²) in [6.45, 7) is -0.672. The van der Waals surface area contributed by atoms with Crippen LogP contribution in [0, 0.1) is 0 Å². The number of halogens is 5. The van der Waals surface area contributed by atoms with E-state index in [9.17, 15) is 18.0 Å². The molecule has 0 saturated heterocycles. The number of nitrogens with zero attached hydrogens (tertiary/aromatic N) is 2. The molecule has 1 aliphatic rings. The van der Waals surface area contributed by atoms with Crippen LogP contribution in [0.25, 0.3) is 10.9 Å². The highest BCUT2D eigenvalue weighted by molar-refractivity contribution is 6.38. The number of hydrogen-bond acceptors (Lipinski definition) is 2. The number of carbonyl (C=O) groups excluding carboxylic acids is 1. The molecule has 0 N–H and O–H groups in total. The van der Waals surface area contributed by atoms with E-state index < -0.39 is 12.7 Å². The van der Waals surface area contributed by atoms with E-state index in [4.69, 9.17) is 27.9 Å². The first-order valence-electron chi connectivity index (χ1n) is 7.53. The number of alkyl halides is 3. The zero-order valence-corrected chi connectivity index (χ0v) is 14.8. The van der Waals surface area contributed by atoms with E-state index in [2.05, 4.69) is 0 Å². The molecule has 9 heteroatoms. The SMILES string of the molecule is COCC(=O)N1CCc2c(c3cc(Cl)cc(Cl)c3n2CC(F)(F)F)C1. The molecule has 0 aliphatic carbocycles. The number of aromatic nitrogens is 1. The van der Waals surface area contributed by atoms with Gasteiger partial charge in [0.25, 0.3) is 0 Å². The van der Waals surface area contributed by atoms with Crippen LogP contribution in [-0.4, -0.2) is 41.8 Å². The largest absolute Gasteiger partial charge is 0.406 e. The van der Waals surface area contributed by atoms with Crippen molar-refractivity contribution in [1.82, 2.24) is 9.47 Å². The van der Waals surface area contributed by atoms with Gasteiger partial charge >= 0.3 is 6.18 Å². The van der Waals surface area contributed by atoms with Crippen molar-refractivity contribution in [2.75, 3.05) is 20.3 Å². The molecule has 4 nitrogen and oxygen atoms in total. The Hall–Kier alpha value is -1.44. The molecule has 0 fully saturated rings. The molecule has 0 unspecified atom stereocenters. The Labute approximate surface area is 152 Å². The smallest absolute Gasteiger partial charge is 0.375 e. The maximum absolute atomic E-state index is 13.1. The monoisotopic (exact) mass is 394 g/mol. The zero-order valence-electron chi connectivity index (χ0n) is 13.3. The fourth-order valence-corrected chi connectivity index (χ4v) is 3.87. The first-order valence-corrected chi connectivity index (χ1v) is 8.29. The van der Waals surface area contributed by atoms with E-state index in [-0.39, 0.29) is 24.1 Å². The van der Waals surface area contributed by atoms with Gasteiger partial charge in [0.05, 0.1) is 10.5 Å². The molecule has 3 rings (SSSR count). The highest BCUT2D eigenvalue weighted by atomic mass is 35.5. The Kier molecular flexibility index (Phi) is 4.92. The lowest BCUT2D eigenvalue weighted by molar-refractivity contribution is -0.141. The second-order valence-electron chi connectivity index (χ2n) is 5.91. The van der Waals surface area contributed by atoms with Crippen LogP contribution in [0.5, 0.6) is 0 Å². The lowest BCUT2D eigenvalue weighted by atomic mass is 10.0. The van der Waals surface area contributed by atoms with E-state index >= 15 is 0 Å². The molecule has 2 heterocycles. The summed E-state index contributed by atoms with van der Waals surface area (Å²) in [4.78, 5) is 13.6. The molecule has 25 heavy (non-hydrogen) atoms. The van der Waals surface area contributed by atoms with Gasteiger partial charge in [-0.1, -0.05) is 23.2 Å². The molecule has 0 bridgehead atoms. The number of hydrogen-bond donors (Lipinski definition) is 0. The van der Waals surface area contributed by atoms with Gasteiger partial charge in [0.1, 0.15) is 13.2 Å². The van der Waals surface area contributed by atoms with Crippen LogP contribution in [0.2, 0.25) is 10.0 Å². The predicted octanol–water partition coefficient (Wildman–Crippen LogP) is 4.04. The minimum absolute atomic E-state index is 0.0714. The van der Waals surface area contributed by atoms with E-state index in [1.54, 1.807) is 11.0 Å². The van der Waals surface area contributed by atoms with Crippen LogP contribution in [0.15, 0.2) is 12.1 Å². The Morgan fingerprint density at radius 2 is 2.04 bits per heavy atom. The third-order valence-electron chi connectivity index (χ3n) is 4.22. The van der Waals surface area contributed by atoms with Crippen LogP contribution in [0.4, 0.5) is 13.2 Å². The lowest BCUT2D eigenvalue weighted by Gasteiger charge is -2.28. The van der Waals surface area contributed by atoms with Crippen molar-refractivity contribution >= 4 is 40.0 Å². The van der Waals surface area contributed by atoms with E-state index in [1.807, 2.05) is 0 Å². The summed E-state index contributed by atoms with van der Waals surface area (Å²) in [5.41, 5.74) is 1.49. The van der Waals surface area contributed by atoms with Crippen molar-refractivity contribution in [3.8, 4) is 0 Å². The molecule has 1 aromatic heterocycles. The summed E-state index contributed by atoms with van der Waals surface area (Å²) in [5.74, 6) is -0.210. The van der Waals surface area contributed by atoms with Crippen LogP contribution in [-0.2, 0) is 29.0 Å². The normalized spacial score (nSPS) is 14.9. The average Bonchev–Trinajstić information content (AvgIpc) is 2.79. The first-order chi connectivity index (χ1) is 11.7. The Morgan fingerprint density at radius 3 is 2.68 bits per heavy atom. The van der Waals surface area contributed by atoms with E-state index in [0.29, 0.717) is 40.1 Å². The maximum Gasteiger partial charge on any atom is 0.406 e. The van der Waals surface area contributed by atoms with Crippen LogP contribution in [0.1, 0.15) is 11.3 Å². The van der Waals surface area contributed by atoms with Gasteiger partial charge in [-0.15, -0.1) is 0 Å². The number of amides is 1. The van der Waals surface area contributed by atoms with Crippen molar-refractivity contribution in [1.29, 1.82) is 0 Å². The highest BCUT2D eigenvalue weighted by Crippen LogP contribution is 2.38. The Morgan fingerprint density at radius 1 is 1.32 bits per heavy atom. The minimum atomic E-state index is -4.38. The molecule has 1 aliphatic heterocycles. The molecule has 1 amide bonds. The fourth-order valence-electron chi connectivity index (χ4n) is 3.28. The lowest BCUT2D eigenvalue weighted by Crippen LogP contribution is -2.38. The number of fused-ring (bicyclic) bond motifs is 3. The van der Waals surface area contributed by atoms with Crippen molar-refractivity contribution in [3.05, 3.63) is 33.4 Å². The molecule has 1 aromatic carbocycles. The number of benzene rings is 1. The average molecular weight is 395 g/mol. The van der Waals surface area contributed by atoms with E-state index in [1.165, 1.54) is 17.7 Å². The number of methoxy groups -OCH3 is 1. The Bertz CT molecular complexity index is 833. The second kappa shape index (κ2) is 6.70. The summed E-state index contributed by atoms with van der Waals surface area (Å²) in [6.07, 6.45) is -4.07. The minimum Gasteiger partial charge on any atom is -0.375 e. The Balaban J connectivity index is 2.14. The standard InChI is InChI=1S/C16H15Cl2F3N2O2/c1-25-7-14(24)22-3-2-13-11(6-22)10-4-9(17)5-12(18)15(10)23(13)8-16(19,20)21/h4-5H,2-3,6-8H2,1H3. The predicted molar refractivity (Wildman–Crippen MR) is 89.0 cm³/mol. The molecular formula is C16H15Cl2F3N2O2.